The van der Waals surface area contributed by atoms with Gasteiger partial charge in [-0.1, -0.05) is 0 Å². The molecule has 1 aromatic rings. The molecule has 0 unspecified atom stereocenters. The molecule has 0 fully saturated rings. The van der Waals surface area contributed by atoms with Crippen molar-refractivity contribution in [2.75, 3.05) is 0 Å². The molecule has 9 heavy (non-hydrogen) atoms. The van der Waals surface area contributed by atoms with Crippen molar-refractivity contribution in [3.8, 4) is 0 Å². The summed E-state index contributed by atoms with van der Waals surface area (Å²) in [6.45, 7) is 0. The van der Waals surface area contributed by atoms with Gasteiger partial charge in [0, 0.05) is 9.85 Å². The molecule has 1 radical (unpaired) electrons. The summed E-state index contributed by atoms with van der Waals surface area (Å²) in [5.41, 5.74) is 0. The van der Waals surface area contributed by atoms with Crippen molar-refractivity contribution in [1.82, 2.24) is 0 Å². The molecule has 0 bridgehead atoms. The SMILES string of the molecule is Brc1ccsc1.O[B]O. The molecular formula is C4H5BBrO2S. The van der Waals surface area contributed by atoms with Gasteiger partial charge in [0.1, 0.15) is 0 Å². The Bertz CT molecular complexity index is 133. The smallest absolute Gasteiger partial charge is 0.429 e. The third-order valence-electron chi connectivity index (χ3n) is 0.486. The summed E-state index contributed by atoms with van der Waals surface area (Å²) in [4.78, 5) is 0. The van der Waals surface area contributed by atoms with Crippen molar-refractivity contribution in [3.05, 3.63) is 21.3 Å². The van der Waals surface area contributed by atoms with Gasteiger partial charge >= 0.3 is 7.69 Å². The van der Waals surface area contributed by atoms with Gasteiger partial charge < -0.3 is 10.0 Å². The maximum Gasteiger partial charge on any atom is 0.482 e. The minimum absolute atomic E-state index is 0. The van der Waals surface area contributed by atoms with E-state index in [0.29, 0.717) is 0 Å². The van der Waals surface area contributed by atoms with Gasteiger partial charge in [0.05, 0.1) is 0 Å². The topological polar surface area (TPSA) is 40.5 Å². The first kappa shape index (κ1) is 9.16. The van der Waals surface area contributed by atoms with Gasteiger partial charge in [0.15, 0.2) is 0 Å². The summed E-state index contributed by atoms with van der Waals surface area (Å²) in [5.74, 6) is 0. The monoisotopic (exact) mass is 207 g/mol. The maximum atomic E-state index is 7.00. The minimum Gasteiger partial charge on any atom is -0.429 e. The Kier molecular flexibility index (Phi) is 6.40. The highest BCUT2D eigenvalue weighted by Gasteiger charge is 1.77. The molecule has 2 N–H and O–H groups in total. The summed E-state index contributed by atoms with van der Waals surface area (Å²) in [6.07, 6.45) is 0. The van der Waals surface area contributed by atoms with Crippen molar-refractivity contribution in [1.29, 1.82) is 0 Å². The Balaban J connectivity index is 0.000000187. The summed E-state index contributed by atoms with van der Waals surface area (Å²) >= 11 is 4.98. The summed E-state index contributed by atoms with van der Waals surface area (Å²) < 4.78 is 1.17. The van der Waals surface area contributed by atoms with E-state index < -0.39 is 0 Å². The van der Waals surface area contributed by atoms with Crippen molar-refractivity contribution < 1.29 is 10.0 Å². The van der Waals surface area contributed by atoms with E-state index in [-0.39, 0.29) is 7.69 Å². The Morgan fingerprint density at radius 2 is 2.11 bits per heavy atom. The zero-order valence-corrected chi connectivity index (χ0v) is 6.89. The van der Waals surface area contributed by atoms with Crippen molar-refractivity contribution in [2.45, 2.75) is 0 Å². The number of halogens is 1. The molecule has 0 aliphatic heterocycles. The van der Waals surface area contributed by atoms with Gasteiger partial charge in [-0.15, -0.1) is 0 Å². The predicted molar refractivity (Wildman–Crippen MR) is 42.2 cm³/mol. The van der Waals surface area contributed by atoms with Crippen LogP contribution in [0.1, 0.15) is 0 Å². The highest BCUT2D eigenvalue weighted by Crippen LogP contribution is 2.11. The minimum atomic E-state index is 0. The van der Waals surface area contributed by atoms with Crippen molar-refractivity contribution in [3.63, 3.8) is 0 Å². The first-order chi connectivity index (χ1) is 4.31. The second-order valence-corrected chi connectivity index (χ2v) is 2.75. The average Bonchev–Trinajstić information content (AvgIpc) is 2.20. The molecular weight excluding hydrogens is 203 g/mol. The molecule has 0 aromatic carbocycles. The van der Waals surface area contributed by atoms with Gasteiger partial charge in [-0.05, 0) is 27.4 Å². The number of hydrogen-bond donors (Lipinski definition) is 2. The van der Waals surface area contributed by atoms with Gasteiger partial charge in [-0.25, -0.2) is 0 Å². The Labute approximate surface area is 66.6 Å². The standard InChI is InChI=1S/C4H3BrS.BH2O2/c5-4-1-2-6-3-4;2-1-3/h1-3H;2-3H. The number of rotatable bonds is 0. The fourth-order valence-electron chi connectivity index (χ4n) is 0.248. The Morgan fingerprint density at radius 3 is 2.22 bits per heavy atom. The molecule has 1 rings (SSSR count). The van der Waals surface area contributed by atoms with Gasteiger partial charge in [0.2, 0.25) is 0 Å². The number of thiophene rings is 1. The van der Waals surface area contributed by atoms with Crippen LogP contribution in [0, 0.1) is 0 Å². The molecule has 0 amide bonds. The summed E-state index contributed by atoms with van der Waals surface area (Å²) in [7, 11) is 0. The first-order valence-corrected chi connectivity index (χ1v) is 3.82. The quantitative estimate of drug-likeness (QED) is 0.624. The van der Waals surface area contributed by atoms with E-state index in [4.69, 9.17) is 10.0 Å². The van der Waals surface area contributed by atoms with Crippen molar-refractivity contribution in [2.24, 2.45) is 0 Å². The molecule has 5 heteroatoms. The maximum absolute atomic E-state index is 7.00. The third-order valence-corrected chi connectivity index (χ3v) is 1.97. The second-order valence-electron chi connectivity index (χ2n) is 1.06. The third kappa shape index (κ3) is 6.04. The molecule has 0 spiro atoms. The zero-order chi connectivity index (χ0) is 7.11. The molecule has 0 aliphatic carbocycles. The van der Waals surface area contributed by atoms with Crippen LogP contribution in [0.2, 0.25) is 0 Å². The molecule has 2 nitrogen and oxygen atoms in total. The zero-order valence-electron chi connectivity index (χ0n) is 4.49. The first-order valence-electron chi connectivity index (χ1n) is 2.09. The van der Waals surface area contributed by atoms with E-state index in [1.807, 2.05) is 16.8 Å². The van der Waals surface area contributed by atoms with Crippen LogP contribution >= 0.6 is 27.3 Å². The van der Waals surface area contributed by atoms with E-state index >= 15 is 0 Å². The van der Waals surface area contributed by atoms with E-state index in [1.54, 1.807) is 11.3 Å². The molecule has 0 saturated heterocycles. The fourth-order valence-corrected chi connectivity index (χ4v) is 1.39. The lowest BCUT2D eigenvalue weighted by Crippen LogP contribution is -1.75. The molecule has 0 atom stereocenters. The lowest BCUT2D eigenvalue weighted by molar-refractivity contribution is 0.448. The van der Waals surface area contributed by atoms with Crippen LogP contribution in [-0.2, 0) is 0 Å². The fraction of sp³-hybridized carbons (Fsp3) is 0. The molecule has 1 aromatic heterocycles. The van der Waals surface area contributed by atoms with Crippen LogP contribution in [0.15, 0.2) is 21.3 Å². The number of hydrogen-bond acceptors (Lipinski definition) is 3. The average molecular weight is 208 g/mol. The second kappa shape index (κ2) is 6.29. The van der Waals surface area contributed by atoms with Crippen LogP contribution in [0.5, 0.6) is 0 Å². The predicted octanol–water partition coefficient (Wildman–Crippen LogP) is 1.02. The summed E-state index contributed by atoms with van der Waals surface area (Å²) in [5, 5.41) is 18.1. The molecule has 1 heterocycles. The highest BCUT2D eigenvalue weighted by molar-refractivity contribution is 9.10. The van der Waals surface area contributed by atoms with Gasteiger partial charge in [-0.2, -0.15) is 11.3 Å². The Morgan fingerprint density at radius 1 is 1.56 bits per heavy atom. The van der Waals surface area contributed by atoms with E-state index in [9.17, 15) is 0 Å². The van der Waals surface area contributed by atoms with Gasteiger partial charge in [-0.3, -0.25) is 0 Å². The largest absolute Gasteiger partial charge is 0.482 e. The molecule has 0 aliphatic rings. The lowest BCUT2D eigenvalue weighted by atomic mass is 10.5. The van der Waals surface area contributed by atoms with Crippen molar-refractivity contribution >= 4 is 35.0 Å². The summed E-state index contributed by atoms with van der Waals surface area (Å²) in [6, 6.07) is 2.02. The van der Waals surface area contributed by atoms with Crippen LogP contribution in [0.4, 0.5) is 0 Å². The molecule has 49 valence electrons. The van der Waals surface area contributed by atoms with E-state index in [1.165, 1.54) is 4.47 Å². The van der Waals surface area contributed by atoms with Crippen LogP contribution in [0.25, 0.3) is 0 Å². The van der Waals surface area contributed by atoms with Crippen LogP contribution < -0.4 is 0 Å². The van der Waals surface area contributed by atoms with Crippen LogP contribution in [0.3, 0.4) is 0 Å². The van der Waals surface area contributed by atoms with Gasteiger partial charge in [0.25, 0.3) is 0 Å². The van der Waals surface area contributed by atoms with E-state index in [0.717, 1.165) is 0 Å². The molecule has 0 saturated carbocycles. The lowest BCUT2D eigenvalue weighted by Gasteiger charge is -1.62. The van der Waals surface area contributed by atoms with Crippen LogP contribution in [-0.4, -0.2) is 17.7 Å². The van der Waals surface area contributed by atoms with E-state index in [2.05, 4.69) is 15.9 Å². The highest BCUT2D eigenvalue weighted by atomic mass is 79.9. The normalized spacial score (nSPS) is 7.44. The Hall–Kier alpha value is 0.165.